The molecule has 0 aliphatic heterocycles. The fourth-order valence-corrected chi connectivity index (χ4v) is 2.35. The second kappa shape index (κ2) is 7.21. The van der Waals surface area contributed by atoms with Crippen LogP contribution < -0.4 is 9.47 Å². The Balaban J connectivity index is 1.68. The minimum absolute atomic E-state index is 0.331. The van der Waals surface area contributed by atoms with Crippen molar-refractivity contribution >= 4 is 5.97 Å². The predicted octanol–water partition coefficient (Wildman–Crippen LogP) is 4.40. The van der Waals surface area contributed by atoms with Crippen molar-refractivity contribution in [3.05, 3.63) is 76.7 Å². The largest absolute Gasteiger partial charge is 0.489 e. The zero-order valence-electron chi connectivity index (χ0n) is 14.4. The van der Waals surface area contributed by atoms with Gasteiger partial charge in [0.25, 0.3) is 0 Å². The number of aryl methyl sites for hydroxylation is 3. The van der Waals surface area contributed by atoms with Crippen LogP contribution in [0.3, 0.4) is 0 Å². The van der Waals surface area contributed by atoms with Gasteiger partial charge in [-0.1, -0.05) is 28.9 Å². The smallest absolute Gasteiger partial charge is 0.343 e. The van der Waals surface area contributed by atoms with Crippen LogP contribution in [0.15, 0.2) is 53.1 Å². The molecule has 0 bridgehead atoms. The van der Waals surface area contributed by atoms with Gasteiger partial charge in [0.15, 0.2) is 0 Å². The van der Waals surface area contributed by atoms with Gasteiger partial charge in [0.1, 0.15) is 23.9 Å². The van der Waals surface area contributed by atoms with Crippen LogP contribution in [-0.2, 0) is 6.61 Å². The zero-order valence-corrected chi connectivity index (χ0v) is 14.4. The Kier molecular flexibility index (Phi) is 4.84. The third-order valence-corrected chi connectivity index (χ3v) is 3.87. The number of nitrogens with zero attached hydrogens (tertiary/aromatic N) is 1. The third-order valence-electron chi connectivity index (χ3n) is 3.87. The highest BCUT2D eigenvalue weighted by molar-refractivity contribution is 5.91. The van der Waals surface area contributed by atoms with Gasteiger partial charge in [0.05, 0.1) is 16.8 Å². The molecule has 3 aromatic rings. The van der Waals surface area contributed by atoms with Gasteiger partial charge in [-0.05, 0) is 51.1 Å². The molecule has 0 N–H and O–H groups in total. The van der Waals surface area contributed by atoms with Crippen molar-refractivity contribution in [2.45, 2.75) is 27.4 Å². The molecule has 0 saturated heterocycles. The molecule has 128 valence electrons. The van der Waals surface area contributed by atoms with E-state index in [9.17, 15) is 4.79 Å². The van der Waals surface area contributed by atoms with E-state index < -0.39 is 5.97 Å². The molecule has 5 heteroatoms. The number of carbonyl (C=O) groups excluding carboxylic acids is 1. The van der Waals surface area contributed by atoms with E-state index in [-0.39, 0.29) is 0 Å². The monoisotopic (exact) mass is 337 g/mol. The van der Waals surface area contributed by atoms with Crippen molar-refractivity contribution in [3.63, 3.8) is 0 Å². The minimum Gasteiger partial charge on any atom is -0.489 e. The molecule has 0 spiro atoms. The zero-order chi connectivity index (χ0) is 17.8. The number of hydrogen-bond acceptors (Lipinski definition) is 5. The maximum atomic E-state index is 12.3. The predicted molar refractivity (Wildman–Crippen MR) is 92.9 cm³/mol. The van der Waals surface area contributed by atoms with E-state index in [0.717, 1.165) is 22.6 Å². The summed E-state index contributed by atoms with van der Waals surface area (Å²) in [6.07, 6.45) is 0. The fourth-order valence-electron chi connectivity index (χ4n) is 2.35. The number of rotatable bonds is 5. The lowest BCUT2D eigenvalue weighted by Gasteiger charge is -2.08. The maximum absolute atomic E-state index is 12.3. The summed E-state index contributed by atoms with van der Waals surface area (Å²) in [4.78, 5) is 12.3. The Bertz CT molecular complexity index is 861. The molecule has 3 rings (SSSR count). The quantitative estimate of drug-likeness (QED) is 0.510. The van der Waals surface area contributed by atoms with Crippen LogP contribution in [0.1, 0.15) is 32.9 Å². The molecule has 25 heavy (non-hydrogen) atoms. The van der Waals surface area contributed by atoms with Gasteiger partial charge in [-0.15, -0.1) is 0 Å². The first kappa shape index (κ1) is 16.8. The third kappa shape index (κ3) is 4.07. The minimum atomic E-state index is -0.424. The average Bonchev–Trinajstić information content (AvgIpc) is 2.93. The number of esters is 1. The summed E-state index contributed by atoms with van der Waals surface area (Å²) in [6, 6.07) is 14.2. The van der Waals surface area contributed by atoms with Crippen molar-refractivity contribution in [2.24, 2.45) is 0 Å². The molecule has 0 unspecified atom stereocenters. The summed E-state index contributed by atoms with van der Waals surface area (Å²) in [7, 11) is 0. The van der Waals surface area contributed by atoms with Crippen molar-refractivity contribution < 1.29 is 18.8 Å². The summed E-state index contributed by atoms with van der Waals surface area (Å²) < 4.78 is 16.3. The Morgan fingerprint density at radius 1 is 1.04 bits per heavy atom. The van der Waals surface area contributed by atoms with Crippen LogP contribution in [0.5, 0.6) is 11.5 Å². The first-order valence-corrected chi connectivity index (χ1v) is 7.96. The molecule has 0 radical (unpaired) electrons. The number of aromatic nitrogens is 1. The van der Waals surface area contributed by atoms with Crippen LogP contribution in [0.25, 0.3) is 0 Å². The molecule has 0 fully saturated rings. The Morgan fingerprint density at radius 2 is 1.80 bits per heavy atom. The van der Waals surface area contributed by atoms with Gasteiger partial charge in [0.2, 0.25) is 0 Å². The van der Waals surface area contributed by atoms with E-state index in [2.05, 4.69) is 5.16 Å². The highest BCUT2D eigenvalue weighted by atomic mass is 16.5. The van der Waals surface area contributed by atoms with Crippen molar-refractivity contribution in [1.29, 1.82) is 0 Å². The summed E-state index contributed by atoms with van der Waals surface area (Å²) in [6.45, 7) is 6.02. The molecule has 2 aromatic carbocycles. The highest BCUT2D eigenvalue weighted by Gasteiger charge is 2.12. The number of ether oxygens (including phenoxy) is 2. The second-order valence-corrected chi connectivity index (χ2v) is 5.82. The molecule has 0 amide bonds. The first-order valence-electron chi connectivity index (χ1n) is 7.96. The molecule has 1 heterocycles. The van der Waals surface area contributed by atoms with Gasteiger partial charge >= 0.3 is 5.97 Å². The Hall–Kier alpha value is -3.08. The van der Waals surface area contributed by atoms with Gasteiger partial charge in [-0.25, -0.2) is 4.79 Å². The standard InChI is InChI=1S/C20H19NO4/c1-13-7-9-17(10-8-13)24-20(22)16-5-4-6-18(11-16)23-12-19-14(2)21-25-15(19)3/h4-11H,12H2,1-3H3. The van der Waals surface area contributed by atoms with Crippen LogP contribution >= 0.6 is 0 Å². The van der Waals surface area contributed by atoms with Crippen LogP contribution in [-0.4, -0.2) is 11.1 Å². The summed E-state index contributed by atoms with van der Waals surface area (Å²) in [5, 5.41) is 3.90. The molecule has 0 atom stereocenters. The van der Waals surface area contributed by atoms with E-state index in [1.807, 2.05) is 32.9 Å². The second-order valence-electron chi connectivity index (χ2n) is 5.82. The number of carbonyl (C=O) groups is 1. The van der Waals surface area contributed by atoms with Gasteiger partial charge in [0, 0.05) is 0 Å². The summed E-state index contributed by atoms with van der Waals surface area (Å²) in [5.41, 5.74) is 3.24. The lowest BCUT2D eigenvalue weighted by atomic mass is 10.2. The van der Waals surface area contributed by atoms with E-state index in [4.69, 9.17) is 14.0 Å². The Morgan fingerprint density at radius 3 is 2.48 bits per heavy atom. The van der Waals surface area contributed by atoms with Crippen molar-refractivity contribution in [2.75, 3.05) is 0 Å². The van der Waals surface area contributed by atoms with Gasteiger partial charge in [-0.3, -0.25) is 0 Å². The van der Waals surface area contributed by atoms with E-state index in [1.54, 1.807) is 36.4 Å². The van der Waals surface area contributed by atoms with E-state index >= 15 is 0 Å². The molecule has 5 nitrogen and oxygen atoms in total. The molecular formula is C20H19NO4. The molecule has 1 aromatic heterocycles. The molecule has 0 aliphatic carbocycles. The average molecular weight is 337 g/mol. The lowest BCUT2D eigenvalue weighted by Crippen LogP contribution is -2.08. The number of hydrogen-bond donors (Lipinski definition) is 0. The lowest BCUT2D eigenvalue weighted by molar-refractivity contribution is 0.0734. The SMILES string of the molecule is Cc1ccc(OC(=O)c2cccc(OCc3c(C)noc3C)c2)cc1. The van der Waals surface area contributed by atoms with Crippen molar-refractivity contribution in [1.82, 2.24) is 5.16 Å². The van der Waals surface area contributed by atoms with E-state index in [1.165, 1.54) is 0 Å². The van der Waals surface area contributed by atoms with Gasteiger partial charge in [-0.2, -0.15) is 0 Å². The summed E-state index contributed by atoms with van der Waals surface area (Å²) in [5.74, 6) is 1.40. The van der Waals surface area contributed by atoms with Gasteiger partial charge < -0.3 is 14.0 Å². The van der Waals surface area contributed by atoms with E-state index in [0.29, 0.717) is 23.7 Å². The van der Waals surface area contributed by atoms with Crippen LogP contribution in [0.2, 0.25) is 0 Å². The molecular weight excluding hydrogens is 318 g/mol. The maximum Gasteiger partial charge on any atom is 0.343 e. The topological polar surface area (TPSA) is 61.6 Å². The number of benzene rings is 2. The van der Waals surface area contributed by atoms with Crippen LogP contribution in [0.4, 0.5) is 0 Å². The van der Waals surface area contributed by atoms with Crippen molar-refractivity contribution in [3.8, 4) is 11.5 Å². The normalized spacial score (nSPS) is 10.5. The summed E-state index contributed by atoms with van der Waals surface area (Å²) >= 11 is 0. The highest BCUT2D eigenvalue weighted by Crippen LogP contribution is 2.20. The molecule has 0 aliphatic rings. The Labute approximate surface area is 146 Å². The fraction of sp³-hybridized carbons (Fsp3) is 0.200. The van der Waals surface area contributed by atoms with Crippen LogP contribution in [0, 0.1) is 20.8 Å². The molecule has 0 saturated carbocycles. The first-order chi connectivity index (χ1) is 12.0.